The van der Waals surface area contributed by atoms with Crippen LogP contribution in [0.4, 0.5) is 4.39 Å². The summed E-state index contributed by atoms with van der Waals surface area (Å²) in [4.78, 5) is 0. The molecule has 0 aliphatic heterocycles. The molecule has 1 atom stereocenters. The molecule has 1 nitrogen and oxygen atoms in total. The van der Waals surface area contributed by atoms with Crippen molar-refractivity contribution in [3.05, 3.63) is 47.3 Å². The van der Waals surface area contributed by atoms with Gasteiger partial charge in [0.25, 0.3) is 0 Å². The summed E-state index contributed by atoms with van der Waals surface area (Å²) in [7, 11) is 0. The number of likely N-dealkylation sites (N-methyl/N-ethyl adjacent to an activating group) is 1. The van der Waals surface area contributed by atoms with Crippen molar-refractivity contribution in [1.29, 1.82) is 0 Å². The molecule has 1 aromatic carbocycles. The van der Waals surface area contributed by atoms with E-state index in [-0.39, 0.29) is 10.8 Å². The fourth-order valence-electron chi connectivity index (χ4n) is 1.68. The third-order valence-corrected chi connectivity index (χ3v) is 2.72. The first kappa shape index (κ1) is 13.2. The Morgan fingerprint density at radius 1 is 1.56 bits per heavy atom. The minimum absolute atomic E-state index is 0.174. The number of halogens is 2. The third kappa shape index (κ3) is 3.95. The van der Waals surface area contributed by atoms with Gasteiger partial charge in [-0.1, -0.05) is 30.7 Å². The topological polar surface area (TPSA) is 12.0 Å². The Labute approximate surface area is 101 Å². The first-order chi connectivity index (χ1) is 7.67. The van der Waals surface area contributed by atoms with Gasteiger partial charge >= 0.3 is 0 Å². The molecule has 0 aliphatic carbocycles. The second-order valence-electron chi connectivity index (χ2n) is 3.73. The van der Waals surface area contributed by atoms with E-state index < -0.39 is 0 Å². The normalized spacial score (nSPS) is 12.4. The molecule has 0 fully saturated rings. The molecule has 1 N–H and O–H groups in total. The van der Waals surface area contributed by atoms with Crippen LogP contribution < -0.4 is 5.32 Å². The molecule has 0 aromatic heterocycles. The van der Waals surface area contributed by atoms with E-state index in [0.717, 1.165) is 24.9 Å². The summed E-state index contributed by atoms with van der Waals surface area (Å²) in [6.07, 6.45) is 3.53. The zero-order valence-electron chi connectivity index (χ0n) is 9.47. The maximum Gasteiger partial charge on any atom is 0.142 e. The van der Waals surface area contributed by atoms with Gasteiger partial charge in [-0.2, -0.15) is 0 Å². The van der Waals surface area contributed by atoms with E-state index in [2.05, 4.69) is 18.8 Å². The van der Waals surface area contributed by atoms with E-state index in [1.807, 2.05) is 12.1 Å². The largest absolute Gasteiger partial charge is 0.314 e. The first-order valence-corrected chi connectivity index (χ1v) is 5.83. The highest BCUT2D eigenvalue weighted by atomic mass is 35.5. The predicted molar refractivity (Wildman–Crippen MR) is 67.4 cm³/mol. The molecule has 88 valence electrons. The van der Waals surface area contributed by atoms with Gasteiger partial charge in [0, 0.05) is 6.04 Å². The predicted octanol–water partition coefficient (Wildman–Crippen LogP) is 3.58. The lowest BCUT2D eigenvalue weighted by Gasteiger charge is -2.16. The van der Waals surface area contributed by atoms with Gasteiger partial charge in [-0.25, -0.2) is 4.39 Å². The molecule has 0 heterocycles. The highest BCUT2D eigenvalue weighted by Gasteiger charge is 2.08. The Kier molecular flexibility index (Phi) is 5.50. The number of nitrogens with one attached hydrogen (secondary N) is 1. The number of rotatable bonds is 6. The number of benzene rings is 1. The Morgan fingerprint density at radius 2 is 2.31 bits per heavy atom. The highest BCUT2D eigenvalue weighted by molar-refractivity contribution is 6.30. The molecule has 0 radical (unpaired) electrons. The van der Waals surface area contributed by atoms with Crippen LogP contribution in [0.25, 0.3) is 0 Å². The summed E-state index contributed by atoms with van der Waals surface area (Å²) in [5.74, 6) is -0.354. The minimum atomic E-state index is -0.354. The molecule has 0 saturated carbocycles. The molecule has 1 aromatic rings. The summed E-state index contributed by atoms with van der Waals surface area (Å²) in [6, 6.07) is 5.26. The standard InChI is InChI=1S/C13H17ClFN/c1-3-5-11(16-4-2)8-10-6-7-12(14)13(15)9-10/h3,6-7,9,11,16H,1,4-5,8H2,2H3. The van der Waals surface area contributed by atoms with Crippen molar-refractivity contribution >= 4 is 11.6 Å². The van der Waals surface area contributed by atoms with E-state index in [4.69, 9.17) is 11.6 Å². The van der Waals surface area contributed by atoms with Gasteiger partial charge in [-0.3, -0.25) is 0 Å². The van der Waals surface area contributed by atoms with Crippen molar-refractivity contribution in [2.24, 2.45) is 0 Å². The van der Waals surface area contributed by atoms with Crippen LogP contribution >= 0.6 is 11.6 Å². The van der Waals surface area contributed by atoms with Crippen molar-refractivity contribution in [2.45, 2.75) is 25.8 Å². The molecule has 0 amide bonds. The van der Waals surface area contributed by atoms with Crippen LogP contribution in [-0.4, -0.2) is 12.6 Å². The SMILES string of the molecule is C=CCC(Cc1ccc(Cl)c(F)c1)NCC. The molecular weight excluding hydrogens is 225 g/mol. The van der Waals surface area contributed by atoms with Crippen LogP contribution in [0, 0.1) is 5.82 Å². The quantitative estimate of drug-likeness (QED) is 0.751. The number of hydrogen-bond acceptors (Lipinski definition) is 1. The van der Waals surface area contributed by atoms with Crippen LogP contribution in [0.15, 0.2) is 30.9 Å². The average Bonchev–Trinajstić information content (AvgIpc) is 2.24. The van der Waals surface area contributed by atoms with E-state index >= 15 is 0 Å². The van der Waals surface area contributed by atoms with Gasteiger partial charge in [-0.05, 0) is 37.1 Å². The van der Waals surface area contributed by atoms with Crippen molar-refractivity contribution < 1.29 is 4.39 Å². The fraction of sp³-hybridized carbons (Fsp3) is 0.385. The summed E-state index contributed by atoms with van der Waals surface area (Å²) in [6.45, 7) is 6.67. The highest BCUT2D eigenvalue weighted by Crippen LogP contribution is 2.17. The fourth-order valence-corrected chi connectivity index (χ4v) is 1.80. The van der Waals surface area contributed by atoms with Gasteiger partial charge in [0.05, 0.1) is 5.02 Å². The molecule has 1 unspecified atom stereocenters. The Balaban J connectivity index is 2.68. The maximum atomic E-state index is 13.2. The Bertz CT molecular complexity index is 352. The van der Waals surface area contributed by atoms with Gasteiger partial charge in [0.2, 0.25) is 0 Å². The lowest BCUT2D eigenvalue weighted by Crippen LogP contribution is -2.30. The molecule has 0 aliphatic rings. The van der Waals surface area contributed by atoms with Gasteiger partial charge in [0.15, 0.2) is 0 Å². The summed E-state index contributed by atoms with van der Waals surface area (Å²) >= 11 is 5.63. The van der Waals surface area contributed by atoms with Crippen LogP contribution in [0.5, 0.6) is 0 Å². The Hall–Kier alpha value is -0.860. The minimum Gasteiger partial charge on any atom is -0.314 e. The van der Waals surface area contributed by atoms with Gasteiger partial charge < -0.3 is 5.32 Å². The second kappa shape index (κ2) is 6.66. The monoisotopic (exact) mass is 241 g/mol. The van der Waals surface area contributed by atoms with Crippen molar-refractivity contribution in [2.75, 3.05) is 6.54 Å². The zero-order chi connectivity index (χ0) is 12.0. The molecule has 0 bridgehead atoms. The molecule has 1 rings (SSSR count). The lowest BCUT2D eigenvalue weighted by molar-refractivity contribution is 0.527. The van der Waals surface area contributed by atoms with E-state index in [0.29, 0.717) is 6.04 Å². The van der Waals surface area contributed by atoms with Crippen LogP contribution in [-0.2, 0) is 6.42 Å². The van der Waals surface area contributed by atoms with Crippen LogP contribution in [0.1, 0.15) is 18.9 Å². The second-order valence-corrected chi connectivity index (χ2v) is 4.14. The molecular formula is C13H17ClFN. The van der Waals surface area contributed by atoms with Gasteiger partial charge in [0.1, 0.15) is 5.82 Å². The first-order valence-electron chi connectivity index (χ1n) is 5.45. The number of hydrogen-bond donors (Lipinski definition) is 1. The third-order valence-electron chi connectivity index (χ3n) is 2.41. The van der Waals surface area contributed by atoms with E-state index in [9.17, 15) is 4.39 Å². The molecule has 0 saturated heterocycles. The summed E-state index contributed by atoms with van der Waals surface area (Å²) in [5, 5.41) is 3.51. The lowest BCUT2D eigenvalue weighted by atomic mass is 10.0. The molecule has 3 heteroatoms. The molecule has 0 spiro atoms. The summed E-state index contributed by atoms with van der Waals surface area (Å²) < 4.78 is 13.2. The zero-order valence-corrected chi connectivity index (χ0v) is 10.2. The maximum absolute atomic E-state index is 13.2. The van der Waals surface area contributed by atoms with Crippen molar-refractivity contribution in [3.8, 4) is 0 Å². The van der Waals surface area contributed by atoms with Crippen molar-refractivity contribution in [3.63, 3.8) is 0 Å². The van der Waals surface area contributed by atoms with E-state index in [1.165, 1.54) is 6.07 Å². The smallest absolute Gasteiger partial charge is 0.142 e. The summed E-state index contributed by atoms with van der Waals surface area (Å²) in [5.41, 5.74) is 0.953. The average molecular weight is 242 g/mol. The van der Waals surface area contributed by atoms with Crippen LogP contribution in [0.2, 0.25) is 5.02 Å². The van der Waals surface area contributed by atoms with Crippen molar-refractivity contribution in [1.82, 2.24) is 5.32 Å². The van der Waals surface area contributed by atoms with Crippen LogP contribution in [0.3, 0.4) is 0 Å². The molecule has 16 heavy (non-hydrogen) atoms. The van der Waals surface area contributed by atoms with E-state index in [1.54, 1.807) is 6.07 Å². The van der Waals surface area contributed by atoms with Gasteiger partial charge in [-0.15, -0.1) is 6.58 Å². The Morgan fingerprint density at radius 3 is 2.88 bits per heavy atom.